The lowest BCUT2D eigenvalue weighted by Crippen LogP contribution is -2.49. The normalized spacial score (nSPS) is 14.9. The molecule has 0 radical (unpaired) electrons. The predicted molar refractivity (Wildman–Crippen MR) is 132 cm³/mol. The van der Waals surface area contributed by atoms with E-state index in [1.54, 1.807) is 6.07 Å². The summed E-state index contributed by atoms with van der Waals surface area (Å²) in [5.74, 6) is -0.947. The fourth-order valence-corrected chi connectivity index (χ4v) is 5.15. The smallest absolute Gasteiger partial charge is 0.287 e. The maximum atomic E-state index is 13.7. The van der Waals surface area contributed by atoms with Gasteiger partial charge >= 0.3 is 0 Å². The summed E-state index contributed by atoms with van der Waals surface area (Å²) in [7, 11) is 0. The minimum absolute atomic E-state index is 0.108. The summed E-state index contributed by atoms with van der Waals surface area (Å²) in [6.07, 6.45) is 6.66. The molecule has 2 aromatic heterocycles. The van der Waals surface area contributed by atoms with Crippen molar-refractivity contribution in [1.82, 2.24) is 10.6 Å². The summed E-state index contributed by atoms with van der Waals surface area (Å²) in [4.78, 5) is 41.9. The molecule has 0 aliphatic heterocycles. The average molecular weight is 480 g/mol. The third-order valence-electron chi connectivity index (χ3n) is 6.06. The molecule has 8 heteroatoms. The van der Waals surface area contributed by atoms with Crippen LogP contribution in [0.2, 0.25) is 0 Å². The van der Waals surface area contributed by atoms with E-state index in [4.69, 9.17) is 4.42 Å². The summed E-state index contributed by atoms with van der Waals surface area (Å²) < 4.78 is 5.12. The third-order valence-corrected chi connectivity index (χ3v) is 6.98. The number of benzene rings is 1. The van der Waals surface area contributed by atoms with Crippen LogP contribution in [0, 0.1) is 6.92 Å². The van der Waals surface area contributed by atoms with Gasteiger partial charge in [0.25, 0.3) is 5.91 Å². The predicted octanol–water partition coefficient (Wildman–Crippen LogP) is 4.60. The summed E-state index contributed by atoms with van der Waals surface area (Å²) in [5, 5.41) is 7.71. The number of carbonyl (C=O) groups excluding carboxylic acids is 3. The van der Waals surface area contributed by atoms with E-state index in [-0.39, 0.29) is 30.2 Å². The molecule has 1 atom stereocenters. The SMILES string of the molecule is Cc1ccccc1N(C(=O)CNC(=O)c1ccco1)[C@@H](C(=O)NC1CCCCC1)c1cccs1. The lowest BCUT2D eigenvalue weighted by molar-refractivity contribution is -0.126. The summed E-state index contributed by atoms with van der Waals surface area (Å²) >= 11 is 1.43. The largest absolute Gasteiger partial charge is 0.459 e. The number of aryl methyl sites for hydroxylation is 1. The molecule has 3 amide bonds. The number of thiophene rings is 1. The van der Waals surface area contributed by atoms with Gasteiger partial charge in [-0.05, 0) is 55.0 Å². The molecule has 178 valence electrons. The van der Waals surface area contributed by atoms with E-state index in [0.717, 1.165) is 36.1 Å². The number of anilines is 1. The van der Waals surface area contributed by atoms with E-state index in [2.05, 4.69) is 10.6 Å². The molecule has 34 heavy (non-hydrogen) atoms. The Morgan fingerprint density at radius 1 is 1.06 bits per heavy atom. The number of carbonyl (C=O) groups is 3. The zero-order chi connectivity index (χ0) is 23.9. The molecule has 1 aliphatic carbocycles. The highest BCUT2D eigenvalue weighted by atomic mass is 32.1. The van der Waals surface area contributed by atoms with Crippen LogP contribution in [0.15, 0.2) is 64.6 Å². The van der Waals surface area contributed by atoms with E-state index < -0.39 is 11.9 Å². The zero-order valence-electron chi connectivity index (χ0n) is 19.2. The molecule has 1 aromatic carbocycles. The maximum absolute atomic E-state index is 13.7. The average Bonchev–Trinajstić information content (AvgIpc) is 3.57. The Labute approximate surface area is 203 Å². The van der Waals surface area contributed by atoms with Crippen molar-refractivity contribution in [2.75, 3.05) is 11.4 Å². The molecule has 0 unspecified atom stereocenters. The Hall–Kier alpha value is -3.39. The number of nitrogens with one attached hydrogen (secondary N) is 2. The van der Waals surface area contributed by atoms with E-state index in [0.29, 0.717) is 5.69 Å². The van der Waals surface area contributed by atoms with E-state index >= 15 is 0 Å². The first kappa shape index (κ1) is 23.8. The summed E-state index contributed by atoms with van der Waals surface area (Å²) in [6.45, 7) is 1.63. The van der Waals surface area contributed by atoms with Gasteiger partial charge in [0.05, 0.1) is 12.8 Å². The Kier molecular flexibility index (Phi) is 7.80. The van der Waals surface area contributed by atoms with Gasteiger partial charge in [-0.2, -0.15) is 0 Å². The van der Waals surface area contributed by atoms with Crippen molar-refractivity contribution in [1.29, 1.82) is 0 Å². The lowest BCUT2D eigenvalue weighted by atomic mass is 9.95. The van der Waals surface area contributed by atoms with Gasteiger partial charge < -0.3 is 15.1 Å². The molecule has 4 rings (SSSR count). The molecule has 1 fully saturated rings. The highest BCUT2D eigenvalue weighted by molar-refractivity contribution is 7.10. The number of para-hydroxylation sites is 1. The van der Waals surface area contributed by atoms with Gasteiger partial charge in [-0.3, -0.25) is 19.3 Å². The number of amides is 3. The molecule has 0 bridgehead atoms. The Bertz CT molecular complexity index is 1110. The molecule has 2 heterocycles. The number of hydrogen-bond donors (Lipinski definition) is 2. The Morgan fingerprint density at radius 3 is 2.53 bits per heavy atom. The van der Waals surface area contributed by atoms with Gasteiger partial charge in [-0.15, -0.1) is 11.3 Å². The van der Waals surface area contributed by atoms with E-state index in [1.807, 2.05) is 48.7 Å². The molecule has 0 saturated heterocycles. The minimum atomic E-state index is -0.837. The van der Waals surface area contributed by atoms with Crippen LogP contribution in [0.1, 0.15) is 59.1 Å². The second kappa shape index (κ2) is 11.2. The van der Waals surface area contributed by atoms with Gasteiger partial charge in [0.2, 0.25) is 11.8 Å². The van der Waals surface area contributed by atoms with Gasteiger partial charge in [-0.1, -0.05) is 43.5 Å². The second-order valence-corrected chi connectivity index (χ2v) is 9.45. The fourth-order valence-electron chi connectivity index (χ4n) is 4.33. The summed E-state index contributed by atoms with van der Waals surface area (Å²) in [6, 6.07) is 13.6. The quantitative estimate of drug-likeness (QED) is 0.494. The highest BCUT2D eigenvalue weighted by Crippen LogP contribution is 2.33. The van der Waals surface area contributed by atoms with Crippen molar-refractivity contribution in [3.05, 3.63) is 76.4 Å². The van der Waals surface area contributed by atoms with Crippen LogP contribution in [0.5, 0.6) is 0 Å². The van der Waals surface area contributed by atoms with E-state index in [1.165, 1.54) is 35.0 Å². The van der Waals surface area contributed by atoms with Crippen molar-refractivity contribution in [3.63, 3.8) is 0 Å². The van der Waals surface area contributed by atoms with Crippen molar-refractivity contribution in [2.45, 2.75) is 51.1 Å². The first-order chi connectivity index (χ1) is 16.5. The molecular weight excluding hydrogens is 450 g/mol. The van der Waals surface area contributed by atoms with Crippen LogP contribution in [-0.2, 0) is 9.59 Å². The van der Waals surface area contributed by atoms with Crippen molar-refractivity contribution in [2.24, 2.45) is 0 Å². The zero-order valence-corrected chi connectivity index (χ0v) is 20.0. The Morgan fingerprint density at radius 2 is 1.85 bits per heavy atom. The van der Waals surface area contributed by atoms with Crippen LogP contribution in [0.25, 0.3) is 0 Å². The van der Waals surface area contributed by atoms with Crippen LogP contribution in [0.3, 0.4) is 0 Å². The second-order valence-electron chi connectivity index (χ2n) is 8.47. The lowest BCUT2D eigenvalue weighted by Gasteiger charge is -2.33. The Balaban J connectivity index is 1.64. The highest BCUT2D eigenvalue weighted by Gasteiger charge is 2.35. The van der Waals surface area contributed by atoms with Crippen LogP contribution in [0.4, 0.5) is 5.69 Å². The molecule has 2 N–H and O–H groups in total. The van der Waals surface area contributed by atoms with Gasteiger partial charge in [0.15, 0.2) is 5.76 Å². The van der Waals surface area contributed by atoms with Crippen molar-refractivity contribution < 1.29 is 18.8 Å². The molecule has 1 aliphatic rings. The fraction of sp³-hybridized carbons (Fsp3) is 0.346. The molecule has 7 nitrogen and oxygen atoms in total. The van der Waals surface area contributed by atoms with Crippen molar-refractivity contribution >= 4 is 34.7 Å². The number of rotatable bonds is 8. The van der Waals surface area contributed by atoms with Gasteiger partial charge in [-0.25, -0.2) is 0 Å². The number of furan rings is 1. The van der Waals surface area contributed by atoms with Crippen LogP contribution in [-0.4, -0.2) is 30.3 Å². The third kappa shape index (κ3) is 5.56. The molecule has 1 saturated carbocycles. The van der Waals surface area contributed by atoms with Crippen molar-refractivity contribution in [3.8, 4) is 0 Å². The van der Waals surface area contributed by atoms with Crippen LogP contribution >= 0.6 is 11.3 Å². The monoisotopic (exact) mass is 479 g/mol. The van der Waals surface area contributed by atoms with Gasteiger partial charge in [0, 0.05) is 16.6 Å². The molecule has 0 spiro atoms. The summed E-state index contributed by atoms with van der Waals surface area (Å²) in [5.41, 5.74) is 1.50. The maximum Gasteiger partial charge on any atom is 0.287 e. The first-order valence-corrected chi connectivity index (χ1v) is 12.5. The van der Waals surface area contributed by atoms with Crippen LogP contribution < -0.4 is 15.5 Å². The number of nitrogens with zero attached hydrogens (tertiary/aromatic N) is 1. The minimum Gasteiger partial charge on any atom is -0.459 e. The molecular formula is C26H29N3O4S. The topological polar surface area (TPSA) is 91.7 Å². The number of hydrogen-bond acceptors (Lipinski definition) is 5. The molecule has 3 aromatic rings. The standard InChI is InChI=1S/C26H29N3O4S/c1-18-9-5-6-12-20(18)29(23(30)17-27-25(31)21-13-7-15-33-21)24(22-14-8-16-34-22)26(32)28-19-10-3-2-4-11-19/h5-9,12-16,19,24H,2-4,10-11,17H2,1H3,(H,27,31)(H,28,32)/t24-/m1/s1. The van der Waals surface area contributed by atoms with E-state index in [9.17, 15) is 14.4 Å². The van der Waals surface area contributed by atoms with Gasteiger partial charge in [0.1, 0.15) is 6.04 Å². The first-order valence-electron chi connectivity index (χ1n) is 11.6.